The fraction of sp³-hybridized carbons (Fsp3) is 0.700. The Labute approximate surface area is 118 Å². The fourth-order valence-corrected chi connectivity index (χ4v) is 2.33. The molecule has 0 atom stereocenters. The predicted octanol–water partition coefficient (Wildman–Crippen LogP) is 2.09. The molecule has 0 N–H and O–H groups in total. The molecule has 0 aliphatic heterocycles. The van der Waals surface area contributed by atoms with Crippen LogP contribution < -0.4 is 0 Å². The lowest BCUT2D eigenvalue weighted by atomic mass is 10.6. The van der Waals surface area contributed by atoms with Crippen LogP contribution in [0.1, 0.15) is 0 Å². The molecule has 98 valence electrons. The van der Waals surface area contributed by atoms with Gasteiger partial charge in [0.15, 0.2) is 0 Å². The first-order valence-corrected chi connectivity index (χ1v) is 6.86. The maximum atomic E-state index is 5.42. The minimum Gasteiger partial charge on any atom is -0.382 e. The van der Waals surface area contributed by atoms with Gasteiger partial charge in [0.05, 0.1) is 39.6 Å². The number of ether oxygens (including phenoxy) is 3. The molecule has 1 aromatic rings. The Hall–Kier alpha value is 0.0500. The number of hydrogen-bond donors (Lipinski definition) is 0. The van der Waals surface area contributed by atoms with Crippen LogP contribution in [0.25, 0.3) is 0 Å². The number of nitrogens with zero attached hydrogens (tertiary/aromatic N) is 2. The molecule has 7 heteroatoms. The Balaban J connectivity index is 1.99. The van der Waals surface area contributed by atoms with E-state index in [2.05, 4.69) is 37.0 Å². The average Bonchev–Trinajstić information content (AvgIpc) is 2.61. The topological polar surface area (TPSA) is 45.5 Å². The molecule has 0 aliphatic carbocycles. The van der Waals surface area contributed by atoms with E-state index in [-0.39, 0.29) is 0 Å². The van der Waals surface area contributed by atoms with E-state index >= 15 is 0 Å². The third-order valence-corrected chi connectivity index (χ3v) is 2.98. The summed E-state index contributed by atoms with van der Waals surface area (Å²) in [5.74, 6) is 0. The number of aromatic nitrogens is 2. The molecule has 0 saturated heterocycles. The van der Waals surface area contributed by atoms with Gasteiger partial charge in [0.1, 0.15) is 9.21 Å². The van der Waals surface area contributed by atoms with Crippen molar-refractivity contribution in [1.29, 1.82) is 0 Å². The molecule has 0 aromatic carbocycles. The van der Waals surface area contributed by atoms with Gasteiger partial charge >= 0.3 is 0 Å². The largest absolute Gasteiger partial charge is 0.382 e. The molecule has 0 unspecified atom stereocenters. The SMILES string of the molecule is COCCOCCOCCn1nc(Br)cc1Br. The highest BCUT2D eigenvalue weighted by atomic mass is 79.9. The maximum Gasteiger partial charge on any atom is 0.129 e. The Kier molecular flexibility index (Phi) is 8.04. The van der Waals surface area contributed by atoms with Gasteiger partial charge in [0.25, 0.3) is 0 Å². The highest BCUT2D eigenvalue weighted by molar-refractivity contribution is 9.11. The summed E-state index contributed by atoms with van der Waals surface area (Å²) < 4.78 is 19.1. The van der Waals surface area contributed by atoms with Gasteiger partial charge in [0.2, 0.25) is 0 Å². The molecule has 1 aromatic heterocycles. The van der Waals surface area contributed by atoms with Crippen molar-refractivity contribution in [2.24, 2.45) is 0 Å². The molecule has 0 fully saturated rings. The van der Waals surface area contributed by atoms with Gasteiger partial charge in [-0.3, -0.25) is 4.68 Å². The van der Waals surface area contributed by atoms with E-state index in [9.17, 15) is 0 Å². The Bertz CT molecular complexity index is 320. The fourth-order valence-electron chi connectivity index (χ4n) is 1.14. The van der Waals surface area contributed by atoms with Crippen molar-refractivity contribution in [3.8, 4) is 0 Å². The zero-order chi connectivity index (χ0) is 12.5. The van der Waals surface area contributed by atoms with Crippen molar-refractivity contribution in [2.75, 3.05) is 40.1 Å². The average molecular weight is 372 g/mol. The number of halogens is 2. The van der Waals surface area contributed by atoms with Gasteiger partial charge in [-0.1, -0.05) is 0 Å². The lowest BCUT2D eigenvalue weighted by Crippen LogP contribution is -2.12. The van der Waals surface area contributed by atoms with Crippen LogP contribution in [0.15, 0.2) is 15.3 Å². The highest BCUT2D eigenvalue weighted by Gasteiger charge is 2.02. The molecule has 0 radical (unpaired) electrons. The van der Waals surface area contributed by atoms with Crippen molar-refractivity contribution >= 4 is 31.9 Å². The van der Waals surface area contributed by atoms with Gasteiger partial charge in [-0.2, -0.15) is 5.10 Å². The standard InChI is InChI=1S/C10H16Br2N2O3/c1-15-4-5-17-7-6-16-3-2-14-10(12)8-9(11)13-14/h8H,2-7H2,1H3. The monoisotopic (exact) mass is 370 g/mol. The Morgan fingerprint density at radius 1 is 1.12 bits per heavy atom. The van der Waals surface area contributed by atoms with Crippen LogP contribution in [0, 0.1) is 0 Å². The van der Waals surface area contributed by atoms with Gasteiger partial charge in [0, 0.05) is 13.2 Å². The van der Waals surface area contributed by atoms with E-state index in [0.717, 1.165) is 9.21 Å². The minimum absolute atomic E-state index is 0.587. The molecule has 0 amide bonds. The van der Waals surface area contributed by atoms with E-state index in [1.807, 2.05) is 10.7 Å². The number of rotatable bonds is 9. The second-order valence-electron chi connectivity index (χ2n) is 3.23. The zero-order valence-electron chi connectivity index (χ0n) is 9.70. The number of methoxy groups -OCH3 is 1. The molecule has 0 bridgehead atoms. The van der Waals surface area contributed by atoms with Crippen LogP contribution in [0.5, 0.6) is 0 Å². The first-order valence-electron chi connectivity index (χ1n) is 5.27. The second kappa shape index (κ2) is 9.04. The summed E-state index contributed by atoms with van der Waals surface area (Å²) in [5, 5.41) is 4.23. The van der Waals surface area contributed by atoms with Gasteiger partial charge in [-0.25, -0.2) is 0 Å². The normalized spacial score (nSPS) is 11.0. The first kappa shape index (κ1) is 15.1. The van der Waals surface area contributed by atoms with Crippen LogP contribution in [-0.2, 0) is 20.8 Å². The third kappa shape index (κ3) is 6.52. The van der Waals surface area contributed by atoms with Gasteiger partial charge in [-0.15, -0.1) is 0 Å². The van der Waals surface area contributed by atoms with Crippen molar-refractivity contribution in [3.63, 3.8) is 0 Å². The highest BCUT2D eigenvalue weighted by Crippen LogP contribution is 2.15. The van der Waals surface area contributed by atoms with Crippen LogP contribution in [0.4, 0.5) is 0 Å². The van der Waals surface area contributed by atoms with E-state index in [4.69, 9.17) is 14.2 Å². The predicted molar refractivity (Wildman–Crippen MR) is 71.1 cm³/mol. The number of hydrogen-bond acceptors (Lipinski definition) is 4. The van der Waals surface area contributed by atoms with Crippen molar-refractivity contribution < 1.29 is 14.2 Å². The second-order valence-corrected chi connectivity index (χ2v) is 4.86. The lowest BCUT2D eigenvalue weighted by molar-refractivity contribution is 0.0224. The van der Waals surface area contributed by atoms with E-state index < -0.39 is 0 Å². The summed E-state index contributed by atoms with van der Waals surface area (Å²) in [5.41, 5.74) is 0. The molecular formula is C10H16Br2N2O3. The molecule has 1 rings (SSSR count). The summed E-state index contributed by atoms with van der Waals surface area (Å²) >= 11 is 6.71. The molecule has 17 heavy (non-hydrogen) atoms. The summed E-state index contributed by atoms with van der Waals surface area (Å²) in [6, 6.07) is 1.90. The minimum atomic E-state index is 0.587. The third-order valence-electron chi connectivity index (χ3n) is 1.95. The quantitative estimate of drug-likeness (QED) is 0.623. The molecule has 0 saturated carbocycles. The Morgan fingerprint density at radius 3 is 2.35 bits per heavy atom. The van der Waals surface area contributed by atoms with E-state index in [0.29, 0.717) is 39.6 Å². The van der Waals surface area contributed by atoms with Crippen molar-refractivity contribution in [3.05, 3.63) is 15.3 Å². The molecular weight excluding hydrogens is 356 g/mol. The Morgan fingerprint density at radius 2 is 1.76 bits per heavy atom. The lowest BCUT2D eigenvalue weighted by Gasteiger charge is -2.06. The summed E-state index contributed by atoms with van der Waals surface area (Å²) in [6.45, 7) is 3.73. The van der Waals surface area contributed by atoms with Crippen LogP contribution in [-0.4, -0.2) is 49.9 Å². The van der Waals surface area contributed by atoms with Crippen LogP contribution in [0.3, 0.4) is 0 Å². The smallest absolute Gasteiger partial charge is 0.129 e. The van der Waals surface area contributed by atoms with E-state index in [1.165, 1.54) is 0 Å². The maximum absolute atomic E-state index is 5.42. The van der Waals surface area contributed by atoms with Crippen LogP contribution >= 0.6 is 31.9 Å². The first-order chi connectivity index (χ1) is 8.24. The van der Waals surface area contributed by atoms with Crippen LogP contribution in [0.2, 0.25) is 0 Å². The molecule has 1 heterocycles. The summed E-state index contributed by atoms with van der Waals surface area (Å²) in [4.78, 5) is 0. The zero-order valence-corrected chi connectivity index (χ0v) is 12.9. The van der Waals surface area contributed by atoms with E-state index in [1.54, 1.807) is 7.11 Å². The summed E-state index contributed by atoms with van der Waals surface area (Å²) in [6.07, 6.45) is 0. The summed E-state index contributed by atoms with van der Waals surface area (Å²) in [7, 11) is 1.65. The van der Waals surface area contributed by atoms with Crippen molar-refractivity contribution in [2.45, 2.75) is 6.54 Å². The molecule has 5 nitrogen and oxygen atoms in total. The molecule has 0 spiro atoms. The van der Waals surface area contributed by atoms with Crippen molar-refractivity contribution in [1.82, 2.24) is 9.78 Å². The van der Waals surface area contributed by atoms with Gasteiger partial charge < -0.3 is 14.2 Å². The van der Waals surface area contributed by atoms with Gasteiger partial charge in [-0.05, 0) is 31.9 Å². The molecule has 0 aliphatic rings.